The van der Waals surface area contributed by atoms with Crippen LogP contribution in [0.5, 0.6) is 0 Å². The third-order valence-corrected chi connectivity index (χ3v) is 7.39. The van der Waals surface area contributed by atoms with Crippen LogP contribution in [0, 0.1) is 0 Å². The summed E-state index contributed by atoms with van der Waals surface area (Å²) in [5.41, 5.74) is 3.85. The molecule has 2 unspecified atom stereocenters. The van der Waals surface area contributed by atoms with Gasteiger partial charge in [-0.3, -0.25) is 0 Å². The van der Waals surface area contributed by atoms with Gasteiger partial charge in [0.05, 0.1) is 19.0 Å². The molecule has 0 radical (unpaired) electrons. The predicted octanol–water partition coefficient (Wildman–Crippen LogP) is 5.67. The summed E-state index contributed by atoms with van der Waals surface area (Å²) in [6.07, 6.45) is 12.8. The monoisotopic (exact) mass is 418 g/mol. The maximum atomic E-state index is 13.5. The van der Waals surface area contributed by atoms with Gasteiger partial charge in [0.15, 0.2) is 5.54 Å². The number of benzene rings is 1. The zero-order valence-corrected chi connectivity index (χ0v) is 18.1. The lowest BCUT2D eigenvalue weighted by Gasteiger charge is -2.43. The number of fused-ring (bicyclic) bond motifs is 3. The average Bonchev–Trinajstić information content (AvgIpc) is 3.28. The molecule has 5 nitrogen and oxygen atoms in total. The van der Waals surface area contributed by atoms with Crippen LogP contribution in [0.3, 0.4) is 0 Å². The summed E-state index contributed by atoms with van der Waals surface area (Å²) in [6, 6.07) is 10.4. The van der Waals surface area contributed by atoms with Gasteiger partial charge in [-0.2, -0.15) is 9.78 Å². The predicted molar refractivity (Wildman–Crippen MR) is 121 cm³/mol. The fourth-order valence-electron chi connectivity index (χ4n) is 5.10. The molecule has 2 atom stereocenters. The Morgan fingerprint density at radius 2 is 2.10 bits per heavy atom. The maximum absolute atomic E-state index is 13.5. The lowest BCUT2D eigenvalue weighted by atomic mass is 9.80. The van der Waals surface area contributed by atoms with E-state index in [0.29, 0.717) is 12.4 Å². The van der Waals surface area contributed by atoms with E-state index in [-0.39, 0.29) is 10.6 Å². The molecular formula is C24H24N3O2S+. The van der Waals surface area contributed by atoms with Crippen molar-refractivity contribution >= 4 is 29.5 Å². The van der Waals surface area contributed by atoms with Gasteiger partial charge in [0.2, 0.25) is 0 Å². The molecule has 3 aliphatic rings. The summed E-state index contributed by atoms with van der Waals surface area (Å²) >= 11 is 1.74. The molecule has 1 aromatic heterocycles. The first-order chi connectivity index (χ1) is 14.6. The highest BCUT2D eigenvalue weighted by molar-refractivity contribution is 7.98. The van der Waals surface area contributed by atoms with Crippen LogP contribution in [0.2, 0.25) is 0 Å². The van der Waals surface area contributed by atoms with Gasteiger partial charge in [-0.15, -0.1) is 16.2 Å². The highest BCUT2D eigenvalue weighted by Gasteiger charge is 2.70. The number of hydrogen-bond acceptors (Lipinski definition) is 4. The Labute approximate surface area is 180 Å². The number of carbonyl (C=O) groups excluding carboxylic acids is 1. The summed E-state index contributed by atoms with van der Waals surface area (Å²) in [5, 5.41) is 1.04. The molecule has 30 heavy (non-hydrogen) atoms. The molecule has 1 aliphatic carbocycles. The van der Waals surface area contributed by atoms with E-state index in [1.54, 1.807) is 11.8 Å². The largest absolute Gasteiger partial charge is 0.529 e. The van der Waals surface area contributed by atoms with Crippen LogP contribution in [-0.4, -0.2) is 28.3 Å². The van der Waals surface area contributed by atoms with Crippen molar-refractivity contribution in [3.63, 3.8) is 0 Å². The van der Waals surface area contributed by atoms with E-state index >= 15 is 0 Å². The molecule has 3 heterocycles. The van der Waals surface area contributed by atoms with Crippen molar-refractivity contribution in [1.29, 1.82) is 0 Å². The van der Waals surface area contributed by atoms with Gasteiger partial charge in [-0.1, -0.05) is 48.6 Å². The highest BCUT2D eigenvalue weighted by Crippen LogP contribution is 2.58. The van der Waals surface area contributed by atoms with Crippen molar-refractivity contribution < 1.29 is 9.53 Å². The van der Waals surface area contributed by atoms with Crippen molar-refractivity contribution in [2.45, 2.75) is 36.6 Å². The molecule has 5 rings (SSSR count). The van der Waals surface area contributed by atoms with Crippen LogP contribution in [0.25, 0.3) is 5.70 Å². The molecule has 1 amide bonds. The number of hydrogen-bond donors (Lipinski definition) is 0. The van der Waals surface area contributed by atoms with E-state index in [9.17, 15) is 4.79 Å². The number of carbonyl (C=O) groups is 1. The highest BCUT2D eigenvalue weighted by atomic mass is 32.2. The normalized spacial score (nSPS) is 26.2. The Bertz CT molecular complexity index is 1160. The van der Waals surface area contributed by atoms with Crippen molar-refractivity contribution in [3.8, 4) is 0 Å². The second kappa shape index (κ2) is 6.86. The van der Waals surface area contributed by atoms with Crippen molar-refractivity contribution in [2.24, 2.45) is 0 Å². The van der Waals surface area contributed by atoms with E-state index in [2.05, 4.69) is 60.1 Å². The zero-order valence-electron chi connectivity index (χ0n) is 17.3. The number of imidazole rings is 1. The van der Waals surface area contributed by atoms with Crippen molar-refractivity contribution in [1.82, 2.24) is 14.0 Å². The summed E-state index contributed by atoms with van der Waals surface area (Å²) in [6.45, 7) is 4.11. The number of methoxy groups -OCH3 is 1. The van der Waals surface area contributed by atoms with Crippen LogP contribution >= 0.6 is 11.8 Å². The first-order valence-corrected chi connectivity index (χ1v) is 11.0. The molecule has 0 saturated carbocycles. The number of allylic oxidation sites excluding steroid dienone is 5. The molecule has 1 spiro atoms. The van der Waals surface area contributed by atoms with E-state index in [1.165, 1.54) is 12.7 Å². The number of amides is 1. The molecule has 6 heteroatoms. The first kappa shape index (κ1) is 19.2. The van der Waals surface area contributed by atoms with E-state index in [0.717, 1.165) is 27.7 Å². The van der Waals surface area contributed by atoms with Crippen LogP contribution in [0.15, 0.2) is 83.2 Å². The smallest absolute Gasteiger partial charge is 0.423 e. The van der Waals surface area contributed by atoms with E-state index in [1.807, 2.05) is 25.3 Å². The third-order valence-electron chi connectivity index (χ3n) is 6.33. The molecule has 0 saturated heterocycles. The molecule has 0 bridgehead atoms. The Hall–Kier alpha value is -2.83. The van der Waals surface area contributed by atoms with Crippen molar-refractivity contribution in [3.05, 3.63) is 83.7 Å². The molecule has 152 valence electrons. The van der Waals surface area contributed by atoms with Gasteiger partial charge in [-0.25, -0.2) is 4.57 Å². The maximum Gasteiger partial charge on any atom is 0.529 e. The zero-order chi connectivity index (χ0) is 20.9. The fraction of sp³-hybridized carbons (Fsp3) is 0.250. The Morgan fingerprint density at radius 3 is 2.87 bits per heavy atom. The van der Waals surface area contributed by atoms with Crippen LogP contribution in [0.4, 0.5) is 10.7 Å². The summed E-state index contributed by atoms with van der Waals surface area (Å²) in [4.78, 5) is 18.3. The van der Waals surface area contributed by atoms with Gasteiger partial charge < -0.3 is 4.74 Å². The standard InChI is InChI=1S/C24H24N3O2S/c1-17-9-7-13-24-14-8-10-18(2)27(24,23(28)29-3)22-25-15-20(26(22)21(17)24)30-16-19-11-5-4-6-12-19/h4-12,14-15H,13,16H2,1-3H3/q+1. The lowest BCUT2D eigenvalue weighted by molar-refractivity contribution is 0.118. The molecule has 1 aromatic carbocycles. The fourth-order valence-corrected chi connectivity index (χ4v) is 6.04. The SMILES string of the molecule is COC(=O)[N+]12C(C)=CC=CC13CC=CC(C)=C3n1c(SCc3ccccc3)cnc12. The van der Waals surface area contributed by atoms with Crippen LogP contribution in [-0.2, 0) is 10.5 Å². The molecule has 2 aromatic rings. The Balaban J connectivity index is 1.72. The molecule has 0 fully saturated rings. The third kappa shape index (κ3) is 2.29. The van der Waals surface area contributed by atoms with Gasteiger partial charge >= 0.3 is 12.0 Å². The number of ether oxygens (including phenoxy) is 1. The average molecular weight is 419 g/mol. The number of nitrogens with zero attached hydrogens (tertiary/aromatic N) is 3. The number of quaternary nitrogens is 1. The number of aromatic nitrogens is 2. The number of thioether (sulfide) groups is 1. The van der Waals surface area contributed by atoms with Crippen molar-refractivity contribution in [2.75, 3.05) is 7.11 Å². The Morgan fingerprint density at radius 1 is 1.30 bits per heavy atom. The second-order valence-electron chi connectivity index (χ2n) is 7.88. The minimum atomic E-state index is -0.573. The van der Waals surface area contributed by atoms with Crippen LogP contribution < -0.4 is 4.48 Å². The summed E-state index contributed by atoms with van der Waals surface area (Å²) in [7, 11) is 1.46. The Kier molecular flexibility index (Phi) is 4.38. The minimum absolute atomic E-state index is 0.0388. The van der Waals surface area contributed by atoms with Gasteiger partial charge in [0.25, 0.3) is 0 Å². The molecule has 2 aliphatic heterocycles. The van der Waals surface area contributed by atoms with Gasteiger partial charge in [0, 0.05) is 19.1 Å². The summed E-state index contributed by atoms with van der Waals surface area (Å²) in [5.74, 6) is 1.54. The molecular weight excluding hydrogens is 394 g/mol. The first-order valence-electron chi connectivity index (χ1n) is 10.0. The van der Waals surface area contributed by atoms with Crippen LogP contribution in [0.1, 0.15) is 25.8 Å². The second-order valence-corrected chi connectivity index (χ2v) is 8.87. The molecule has 0 N–H and O–H groups in total. The quantitative estimate of drug-likeness (QED) is 0.476. The summed E-state index contributed by atoms with van der Waals surface area (Å²) < 4.78 is 7.54. The lowest BCUT2D eigenvalue weighted by Crippen LogP contribution is -2.66. The van der Waals surface area contributed by atoms with Gasteiger partial charge in [-0.05, 0) is 30.2 Å². The van der Waals surface area contributed by atoms with E-state index < -0.39 is 5.54 Å². The topological polar surface area (TPSA) is 44.1 Å². The minimum Gasteiger partial charge on any atom is -0.423 e. The van der Waals surface area contributed by atoms with Gasteiger partial charge in [0.1, 0.15) is 10.7 Å². The van der Waals surface area contributed by atoms with E-state index in [4.69, 9.17) is 9.72 Å². The number of rotatable bonds is 3.